The highest BCUT2D eigenvalue weighted by atomic mass is 35.5. The van der Waals surface area contributed by atoms with Gasteiger partial charge in [-0.15, -0.1) is 12.4 Å². The van der Waals surface area contributed by atoms with Gasteiger partial charge in [0.15, 0.2) is 0 Å². The van der Waals surface area contributed by atoms with Gasteiger partial charge in [0.1, 0.15) is 0 Å². The Balaban J connectivity index is 0.00000261. The Labute approximate surface area is 167 Å². The summed E-state index contributed by atoms with van der Waals surface area (Å²) < 4.78 is 32.6. The molecule has 0 radical (unpaired) electrons. The predicted octanol–water partition coefficient (Wildman–Crippen LogP) is 1.33. The van der Waals surface area contributed by atoms with Gasteiger partial charge in [-0.3, -0.25) is 4.79 Å². The molecule has 0 aliphatic carbocycles. The number of nitrogens with zero attached hydrogens (tertiary/aromatic N) is 2. The Bertz CT molecular complexity index is 733. The van der Waals surface area contributed by atoms with Crippen molar-refractivity contribution in [2.75, 3.05) is 39.4 Å². The van der Waals surface area contributed by atoms with Gasteiger partial charge in [-0.2, -0.15) is 4.31 Å². The second kappa shape index (κ2) is 9.34. The molecular weight excluding hydrogens is 390 g/mol. The summed E-state index contributed by atoms with van der Waals surface area (Å²) in [6, 6.07) is 6.22. The molecule has 27 heavy (non-hydrogen) atoms. The predicted molar refractivity (Wildman–Crippen MR) is 106 cm³/mol. The van der Waals surface area contributed by atoms with Crippen LogP contribution in [0.4, 0.5) is 0 Å². The molecule has 9 heteroatoms. The molecular formula is C18H28ClN3O4S. The van der Waals surface area contributed by atoms with Gasteiger partial charge >= 0.3 is 0 Å². The van der Waals surface area contributed by atoms with Crippen molar-refractivity contribution in [3.05, 3.63) is 29.8 Å². The van der Waals surface area contributed by atoms with Gasteiger partial charge in [-0.1, -0.05) is 0 Å². The zero-order valence-corrected chi connectivity index (χ0v) is 17.2. The fourth-order valence-electron chi connectivity index (χ4n) is 3.49. The topological polar surface area (TPSA) is 92.9 Å². The number of amides is 1. The number of sulfonamides is 1. The summed E-state index contributed by atoms with van der Waals surface area (Å²) in [4.78, 5) is 14.4. The molecule has 2 unspecified atom stereocenters. The average molecular weight is 418 g/mol. The maximum atomic E-state index is 12.9. The second-order valence-corrected chi connectivity index (χ2v) is 8.99. The largest absolute Gasteiger partial charge is 0.378 e. The molecule has 2 aliphatic rings. The number of hydrogen-bond donors (Lipinski definition) is 1. The standard InChI is InChI=1S/C18H27N3O4S.ClH/c1-14(19)16-3-2-8-21(13-16)26(23,24)17-6-4-15(5-7-17)18(22)20-9-11-25-12-10-20;/h4-7,14,16H,2-3,8-13,19H2,1H3;1H. The number of piperidine rings is 1. The van der Waals surface area contributed by atoms with Crippen LogP contribution in [0.5, 0.6) is 0 Å². The SMILES string of the molecule is CC(N)C1CCCN(S(=O)(=O)c2ccc(C(=O)N3CCOCC3)cc2)C1.Cl. The number of carbonyl (C=O) groups excluding carboxylic acids is 1. The number of benzene rings is 1. The summed E-state index contributed by atoms with van der Waals surface area (Å²) in [7, 11) is -3.56. The van der Waals surface area contributed by atoms with Crippen LogP contribution in [-0.2, 0) is 14.8 Å². The molecule has 7 nitrogen and oxygen atoms in total. The number of rotatable bonds is 4. The Hall–Kier alpha value is -1.19. The van der Waals surface area contributed by atoms with E-state index in [-0.39, 0.29) is 35.2 Å². The maximum absolute atomic E-state index is 12.9. The van der Waals surface area contributed by atoms with E-state index in [1.165, 1.54) is 16.4 Å². The van der Waals surface area contributed by atoms with Gasteiger partial charge in [0, 0.05) is 37.8 Å². The molecule has 2 atom stereocenters. The molecule has 1 amide bonds. The van der Waals surface area contributed by atoms with Crippen LogP contribution in [-0.4, -0.2) is 69.0 Å². The van der Waals surface area contributed by atoms with Gasteiger partial charge < -0.3 is 15.4 Å². The minimum absolute atomic E-state index is 0. The van der Waals surface area contributed by atoms with E-state index >= 15 is 0 Å². The number of nitrogens with two attached hydrogens (primary N) is 1. The molecule has 0 saturated carbocycles. The van der Waals surface area contributed by atoms with Crippen molar-refractivity contribution in [3.8, 4) is 0 Å². The molecule has 2 N–H and O–H groups in total. The zero-order chi connectivity index (χ0) is 18.7. The first-order chi connectivity index (χ1) is 12.4. The molecule has 0 aromatic heterocycles. The lowest BCUT2D eigenvalue weighted by Crippen LogP contribution is -2.45. The Morgan fingerprint density at radius 3 is 2.41 bits per heavy atom. The highest BCUT2D eigenvalue weighted by Gasteiger charge is 2.31. The summed E-state index contributed by atoms with van der Waals surface area (Å²) in [5.74, 6) is 0.0907. The van der Waals surface area contributed by atoms with Gasteiger partial charge in [-0.25, -0.2) is 8.42 Å². The van der Waals surface area contributed by atoms with Crippen LogP contribution in [0.3, 0.4) is 0 Å². The first-order valence-electron chi connectivity index (χ1n) is 9.12. The number of morpholine rings is 1. The summed E-state index contributed by atoms with van der Waals surface area (Å²) in [6.45, 7) is 5.08. The van der Waals surface area contributed by atoms with E-state index in [1.807, 2.05) is 6.92 Å². The van der Waals surface area contributed by atoms with Crippen LogP contribution in [0.25, 0.3) is 0 Å². The summed E-state index contributed by atoms with van der Waals surface area (Å²) in [5.41, 5.74) is 6.46. The highest BCUT2D eigenvalue weighted by Crippen LogP contribution is 2.25. The number of ether oxygens (including phenoxy) is 1. The van der Waals surface area contributed by atoms with Gasteiger partial charge in [0.05, 0.1) is 18.1 Å². The molecule has 0 spiro atoms. The summed E-state index contributed by atoms with van der Waals surface area (Å²) >= 11 is 0. The van der Waals surface area contributed by atoms with Crippen molar-refractivity contribution in [1.29, 1.82) is 0 Å². The fourth-order valence-corrected chi connectivity index (χ4v) is 5.02. The molecule has 3 rings (SSSR count). The van der Waals surface area contributed by atoms with Crippen molar-refractivity contribution in [3.63, 3.8) is 0 Å². The van der Waals surface area contributed by atoms with E-state index in [2.05, 4.69) is 0 Å². The number of carbonyl (C=O) groups is 1. The smallest absolute Gasteiger partial charge is 0.254 e. The first-order valence-corrected chi connectivity index (χ1v) is 10.6. The van der Waals surface area contributed by atoms with Crippen molar-refractivity contribution < 1.29 is 17.9 Å². The lowest BCUT2D eigenvalue weighted by Gasteiger charge is -2.33. The van der Waals surface area contributed by atoms with Gasteiger partial charge in [0.25, 0.3) is 5.91 Å². The summed E-state index contributed by atoms with van der Waals surface area (Å²) in [6.07, 6.45) is 1.77. The lowest BCUT2D eigenvalue weighted by atomic mass is 9.93. The monoisotopic (exact) mass is 417 g/mol. The van der Waals surface area contributed by atoms with Gasteiger partial charge in [-0.05, 0) is 49.9 Å². The zero-order valence-electron chi connectivity index (χ0n) is 15.5. The third-order valence-electron chi connectivity index (χ3n) is 5.20. The Morgan fingerprint density at radius 1 is 1.19 bits per heavy atom. The Kier molecular flexibility index (Phi) is 7.64. The maximum Gasteiger partial charge on any atom is 0.254 e. The van der Waals surface area contributed by atoms with E-state index in [0.29, 0.717) is 45.0 Å². The Morgan fingerprint density at radius 2 is 1.81 bits per heavy atom. The molecule has 2 saturated heterocycles. The average Bonchev–Trinajstić information content (AvgIpc) is 2.68. The van der Waals surface area contributed by atoms with E-state index in [0.717, 1.165) is 12.8 Å². The van der Waals surface area contributed by atoms with Crippen molar-refractivity contribution in [2.45, 2.75) is 30.7 Å². The van der Waals surface area contributed by atoms with Crippen LogP contribution in [0.15, 0.2) is 29.2 Å². The normalized spacial score (nSPS) is 22.7. The van der Waals surface area contributed by atoms with Crippen molar-refractivity contribution >= 4 is 28.3 Å². The molecule has 2 aliphatic heterocycles. The second-order valence-electron chi connectivity index (χ2n) is 7.05. The number of hydrogen-bond acceptors (Lipinski definition) is 5. The van der Waals surface area contributed by atoms with Crippen LogP contribution in [0.2, 0.25) is 0 Å². The molecule has 2 fully saturated rings. The van der Waals surface area contributed by atoms with Gasteiger partial charge in [0.2, 0.25) is 10.0 Å². The van der Waals surface area contributed by atoms with E-state index < -0.39 is 10.0 Å². The summed E-state index contributed by atoms with van der Waals surface area (Å²) in [5, 5.41) is 0. The minimum atomic E-state index is -3.56. The van der Waals surface area contributed by atoms with Crippen molar-refractivity contribution in [2.24, 2.45) is 11.7 Å². The quantitative estimate of drug-likeness (QED) is 0.797. The first kappa shape index (κ1) is 22.1. The number of halogens is 1. The van der Waals surface area contributed by atoms with Crippen LogP contribution < -0.4 is 5.73 Å². The van der Waals surface area contributed by atoms with Crippen molar-refractivity contribution in [1.82, 2.24) is 9.21 Å². The van der Waals surface area contributed by atoms with E-state index in [9.17, 15) is 13.2 Å². The minimum Gasteiger partial charge on any atom is -0.378 e. The third kappa shape index (κ3) is 5.00. The molecule has 2 heterocycles. The van der Waals surface area contributed by atoms with Crippen LogP contribution in [0.1, 0.15) is 30.1 Å². The molecule has 1 aromatic rings. The molecule has 152 valence electrons. The van der Waals surface area contributed by atoms with E-state index in [4.69, 9.17) is 10.5 Å². The molecule has 1 aromatic carbocycles. The fraction of sp³-hybridized carbons (Fsp3) is 0.611. The van der Waals surface area contributed by atoms with E-state index in [1.54, 1.807) is 17.0 Å². The highest BCUT2D eigenvalue weighted by molar-refractivity contribution is 7.89. The van der Waals surface area contributed by atoms with Crippen LogP contribution >= 0.6 is 12.4 Å². The third-order valence-corrected chi connectivity index (χ3v) is 7.08. The molecule has 0 bridgehead atoms. The van der Waals surface area contributed by atoms with Crippen LogP contribution in [0, 0.1) is 5.92 Å². The lowest BCUT2D eigenvalue weighted by molar-refractivity contribution is 0.0303.